The molecule has 0 aliphatic rings. The van der Waals surface area contributed by atoms with Gasteiger partial charge in [0.15, 0.2) is 11.5 Å². The average molecular weight is 211 g/mol. The van der Waals surface area contributed by atoms with Crippen molar-refractivity contribution < 1.29 is 0 Å². The molecule has 0 atom stereocenters. The van der Waals surface area contributed by atoms with Crippen LogP contribution in [-0.4, -0.2) is 23.1 Å². The van der Waals surface area contributed by atoms with Crippen molar-refractivity contribution in [2.24, 2.45) is 0 Å². The van der Waals surface area contributed by atoms with E-state index in [1.54, 1.807) is 0 Å². The van der Waals surface area contributed by atoms with E-state index in [0.29, 0.717) is 5.82 Å². The van der Waals surface area contributed by atoms with Gasteiger partial charge in [0.25, 0.3) is 0 Å². The highest BCUT2D eigenvalue weighted by atomic mass is 35.5. The van der Waals surface area contributed by atoms with Crippen molar-refractivity contribution in [2.75, 3.05) is 18.0 Å². The van der Waals surface area contributed by atoms with Crippen molar-refractivity contribution in [1.82, 2.24) is 9.97 Å². The maximum Gasteiger partial charge on any atom is 0.184 e. The third-order valence-corrected chi connectivity index (χ3v) is 2.07. The molecular formula is C9H11ClN4. The number of rotatable bonds is 3. The number of halogens is 1. The standard InChI is InChI=1S/C9H11ClN4/c1-3-14(4-2)9-7(5-11)13-8(10)6-12-9/h6H,3-4H2,1-2H3. The predicted molar refractivity (Wildman–Crippen MR) is 55.3 cm³/mol. The van der Waals surface area contributed by atoms with Crippen LogP contribution in [0.15, 0.2) is 6.20 Å². The second-order valence-corrected chi connectivity index (χ2v) is 3.04. The Balaban J connectivity index is 3.14. The van der Waals surface area contributed by atoms with E-state index in [1.165, 1.54) is 6.20 Å². The third kappa shape index (κ3) is 2.12. The first-order chi connectivity index (χ1) is 6.72. The first-order valence-corrected chi connectivity index (χ1v) is 4.78. The van der Waals surface area contributed by atoms with Gasteiger partial charge in [-0.2, -0.15) is 5.26 Å². The largest absolute Gasteiger partial charge is 0.355 e. The van der Waals surface area contributed by atoms with Crippen molar-refractivity contribution in [3.05, 3.63) is 17.0 Å². The maximum absolute atomic E-state index is 8.84. The molecule has 0 spiro atoms. The fourth-order valence-electron chi connectivity index (χ4n) is 1.19. The van der Waals surface area contributed by atoms with Crippen LogP contribution in [0.3, 0.4) is 0 Å². The molecule has 0 saturated heterocycles. The summed E-state index contributed by atoms with van der Waals surface area (Å²) in [6, 6.07) is 1.99. The molecule has 1 rings (SSSR count). The van der Waals surface area contributed by atoms with E-state index in [4.69, 9.17) is 16.9 Å². The molecule has 14 heavy (non-hydrogen) atoms. The van der Waals surface area contributed by atoms with Crippen LogP contribution in [0.5, 0.6) is 0 Å². The minimum atomic E-state index is 0.248. The van der Waals surface area contributed by atoms with Crippen LogP contribution in [0, 0.1) is 11.3 Å². The first-order valence-electron chi connectivity index (χ1n) is 4.40. The lowest BCUT2D eigenvalue weighted by molar-refractivity contribution is 0.837. The number of nitrogens with zero attached hydrogens (tertiary/aromatic N) is 4. The summed E-state index contributed by atoms with van der Waals surface area (Å²) in [5.74, 6) is 0.599. The first kappa shape index (κ1) is 10.7. The van der Waals surface area contributed by atoms with Crippen molar-refractivity contribution in [2.45, 2.75) is 13.8 Å². The van der Waals surface area contributed by atoms with Gasteiger partial charge in [-0.15, -0.1) is 0 Å². The van der Waals surface area contributed by atoms with Crippen LogP contribution < -0.4 is 4.90 Å². The highest BCUT2D eigenvalue weighted by Gasteiger charge is 2.11. The smallest absolute Gasteiger partial charge is 0.184 e. The van der Waals surface area contributed by atoms with Crippen LogP contribution in [-0.2, 0) is 0 Å². The zero-order chi connectivity index (χ0) is 10.6. The molecule has 0 aromatic carbocycles. The van der Waals surface area contributed by atoms with Crippen LogP contribution >= 0.6 is 11.6 Å². The van der Waals surface area contributed by atoms with Gasteiger partial charge in [0.2, 0.25) is 0 Å². The van der Waals surface area contributed by atoms with Gasteiger partial charge in [-0.3, -0.25) is 0 Å². The van der Waals surface area contributed by atoms with Gasteiger partial charge >= 0.3 is 0 Å². The molecular weight excluding hydrogens is 200 g/mol. The molecule has 1 heterocycles. The number of hydrogen-bond donors (Lipinski definition) is 0. The average Bonchev–Trinajstić information content (AvgIpc) is 2.21. The Labute approximate surface area is 88.2 Å². The highest BCUT2D eigenvalue weighted by Crippen LogP contribution is 2.16. The fraction of sp³-hybridized carbons (Fsp3) is 0.444. The molecule has 0 N–H and O–H groups in total. The van der Waals surface area contributed by atoms with Crippen LogP contribution in [0.2, 0.25) is 5.15 Å². The lowest BCUT2D eigenvalue weighted by Crippen LogP contribution is -2.24. The number of nitriles is 1. The molecule has 5 heteroatoms. The van der Waals surface area contributed by atoms with Gasteiger partial charge in [0, 0.05) is 13.1 Å². The van der Waals surface area contributed by atoms with Gasteiger partial charge in [-0.25, -0.2) is 9.97 Å². The Kier molecular flexibility index (Phi) is 3.66. The van der Waals surface area contributed by atoms with Crippen LogP contribution in [0.25, 0.3) is 0 Å². The number of aromatic nitrogens is 2. The number of hydrogen-bond acceptors (Lipinski definition) is 4. The predicted octanol–water partition coefficient (Wildman–Crippen LogP) is 1.85. The van der Waals surface area contributed by atoms with Crippen LogP contribution in [0.1, 0.15) is 19.5 Å². The molecule has 1 aromatic rings. The third-order valence-electron chi connectivity index (χ3n) is 1.89. The summed E-state index contributed by atoms with van der Waals surface area (Å²) in [5.41, 5.74) is 0.279. The van der Waals surface area contributed by atoms with Crippen molar-refractivity contribution >= 4 is 17.4 Å². The van der Waals surface area contributed by atoms with Crippen molar-refractivity contribution in [1.29, 1.82) is 5.26 Å². The second kappa shape index (κ2) is 4.77. The monoisotopic (exact) mass is 210 g/mol. The zero-order valence-electron chi connectivity index (χ0n) is 8.16. The maximum atomic E-state index is 8.84. The summed E-state index contributed by atoms with van der Waals surface area (Å²) in [7, 11) is 0. The molecule has 0 aliphatic heterocycles. The second-order valence-electron chi connectivity index (χ2n) is 2.65. The van der Waals surface area contributed by atoms with E-state index in [2.05, 4.69) is 9.97 Å². The lowest BCUT2D eigenvalue weighted by atomic mass is 10.4. The Morgan fingerprint density at radius 3 is 2.64 bits per heavy atom. The van der Waals surface area contributed by atoms with E-state index in [9.17, 15) is 0 Å². The van der Waals surface area contributed by atoms with E-state index < -0.39 is 0 Å². The van der Waals surface area contributed by atoms with E-state index in [0.717, 1.165) is 13.1 Å². The quantitative estimate of drug-likeness (QED) is 0.764. The summed E-state index contributed by atoms with van der Waals surface area (Å²) >= 11 is 5.64. The molecule has 0 saturated carbocycles. The Bertz CT molecular complexity index is 354. The molecule has 74 valence electrons. The molecule has 0 bridgehead atoms. The van der Waals surface area contributed by atoms with Gasteiger partial charge in [-0.05, 0) is 13.8 Å². The van der Waals surface area contributed by atoms with Crippen LogP contribution in [0.4, 0.5) is 5.82 Å². The SMILES string of the molecule is CCN(CC)c1ncc(Cl)nc1C#N. The molecule has 1 aromatic heterocycles. The molecule has 0 fully saturated rings. The zero-order valence-corrected chi connectivity index (χ0v) is 8.91. The molecule has 0 aliphatic carbocycles. The summed E-state index contributed by atoms with van der Waals surface area (Å²) in [6.07, 6.45) is 1.45. The summed E-state index contributed by atoms with van der Waals surface area (Å²) in [4.78, 5) is 9.97. The van der Waals surface area contributed by atoms with E-state index in [-0.39, 0.29) is 10.8 Å². The normalized spacial score (nSPS) is 9.57. The summed E-state index contributed by atoms with van der Waals surface area (Å²) in [6.45, 7) is 5.59. The van der Waals surface area contributed by atoms with Gasteiger partial charge < -0.3 is 4.90 Å². The van der Waals surface area contributed by atoms with E-state index >= 15 is 0 Å². The molecule has 0 unspecified atom stereocenters. The topological polar surface area (TPSA) is 52.8 Å². The minimum absolute atomic E-state index is 0.248. The molecule has 0 radical (unpaired) electrons. The fourth-order valence-corrected chi connectivity index (χ4v) is 1.32. The molecule has 0 amide bonds. The summed E-state index contributed by atoms with van der Waals surface area (Å²) < 4.78 is 0. The van der Waals surface area contributed by atoms with Gasteiger partial charge in [0.05, 0.1) is 6.20 Å². The van der Waals surface area contributed by atoms with Gasteiger partial charge in [0.1, 0.15) is 11.2 Å². The Morgan fingerprint density at radius 2 is 2.14 bits per heavy atom. The summed E-state index contributed by atoms with van der Waals surface area (Å²) in [5, 5.41) is 9.09. The highest BCUT2D eigenvalue weighted by molar-refractivity contribution is 6.29. The molecule has 4 nitrogen and oxygen atoms in total. The van der Waals surface area contributed by atoms with Crippen molar-refractivity contribution in [3.63, 3.8) is 0 Å². The van der Waals surface area contributed by atoms with E-state index in [1.807, 2.05) is 24.8 Å². The number of anilines is 1. The lowest BCUT2D eigenvalue weighted by Gasteiger charge is -2.19. The Hall–Kier alpha value is -1.34. The van der Waals surface area contributed by atoms with Gasteiger partial charge in [-0.1, -0.05) is 11.6 Å². The minimum Gasteiger partial charge on any atom is -0.355 e. The van der Waals surface area contributed by atoms with Crippen molar-refractivity contribution in [3.8, 4) is 6.07 Å². The Morgan fingerprint density at radius 1 is 1.50 bits per heavy atom.